The van der Waals surface area contributed by atoms with E-state index < -0.39 is 0 Å². The Hall–Kier alpha value is -6.11. The third-order valence-electron chi connectivity index (χ3n) is 9.35. The zero-order valence-corrected chi connectivity index (χ0v) is 30.5. The molecule has 0 amide bonds. The van der Waals surface area contributed by atoms with Crippen molar-refractivity contribution in [3.8, 4) is 39.5 Å². The number of allylic oxidation sites excluding steroid dienone is 2. The van der Waals surface area contributed by atoms with E-state index in [1.54, 1.807) is 11.3 Å². The molecule has 0 bridgehead atoms. The number of fused-ring (bicyclic) bond motifs is 2. The van der Waals surface area contributed by atoms with Crippen molar-refractivity contribution in [1.82, 2.24) is 0 Å². The van der Waals surface area contributed by atoms with Gasteiger partial charge in [-0.1, -0.05) is 127 Å². The lowest BCUT2D eigenvalue weighted by molar-refractivity contribution is -0.669. The largest absolute Gasteiger partial charge is 0.492 e. The predicted octanol–water partition coefficient (Wildman–Crippen LogP) is 11.2. The summed E-state index contributed by atoms with van der Waals surface area (Å²) in [5, 5.41) is 1.16. The van der Waals surface area contributed by atoms with Crippen molar-refractivity contribution in [1.29, 1.82) is 0 Å². The van der Waals surface area contributed by atoms with Crippen molar-refractivity contribution in [3.63, 3.8) is 0 Å². The van der Waals surface area contributed by atoms with E-state index in [4.69, 9.17) is 14.2 Å². The van der Waals surface area contributed by atoms with Crippen LogP contribution >= 0.6 is 11.3 Å². The Morgan fingerprint density at radius 2 is 1.25 bits per heavy atom. The Kier molecular flexibility index (Phi) is 10.3. The van der Waals surface area contributed by atoms with Crippen molar-refractivity contribution in [2.24, 2.45) is 0 Å². The van der Waals surface area contributed by atoms with E-state index in [1.807, 2.05) is 66.7 Å². The number of anilines is 1. The fraction of sp³-hybridized carbons (Fsp3) is 0.128. The van der Waals surface area contributed by atoms with E-state index in [-0.39, 0.29) is 0 Å². The zero-order valence-electron chi connectivity index (χ0n) is 29.7. The van der Waals surface area contributed by atoms with Gasteiger partial charge in [-0.2, -0.15) is 4.57 Å². The molecule has 0 saturated heterocycles. The Bertz CT molecular complexity index is 2350. The molecule has 0 unspecified atom stereocenters. The first-order valence-electron chi connectivity index (χ1n) is 18.2. The number of hydrogen-bond acceptors (Lipinski definition) is 5. The molecule has 6 heteroatoms. The molecule has 53 heavy (non-hydrogen) atoms. The molecule has 0 saturated carbocycles. The molecule has 8 rings (SSSR count). The van der Waals surface area contributed by atoms with Crippen LogP contribution in [0.5, 0.6) is 17.2 Å². The summed E-state index contributed by atoms with van der Waals surface area (Å²) >= 11 is 1.80. The highest BCUT2D eigenvalue weighted by molar-refractivity contribution is 7.18. The van der Waals surface area contributed by atoms with E-state index in [1.165, 1.54) is 26.9 Å². The van der Waals surface area contributed by atoms with Crippen LogP contribution in [0, 0.1) is 0 Å². The van der Waals surface area contributed by atoms with E-state index >= 15 is 0 Å². The van der Waals surface area contributed by atoms with Gasteiger partial charge in [-0.25, -0.2) is 0 Å². The van der Waals surface area contributed by atoms with Gasteiger partial charge in [0.1, 0.15) is 29.4 Å². The smallest absolute Gasteiger partial charge is 0.263 e. The average Bonchev–Trinajstić information content (AvgIpc) is 3.74. The van der Waals surface area contributed by atoms with Gasteiger partial charge in [-0.15, -0.1) is 0 Å². The minimum absolute atomic E-state index is 0.506. The molecule has 7 aromatic rings. The van der Waals surface area contributed by atoms with Crippen LogP contribution < -0.4 is 23.7 Å². The van der Waals surface area contributed by atoms with E-state index in [0.717, 1.165) is 51.4 Å². The molecule has 0 spiro atoms. The maximum absolute atomic E-state index is 6.62. The molecular formula is C47H41N2O3S+. The summed E-state index contributed by atoms with van der Waals surface area (Å²) in [6.07, 6.45) is 5.33. The second-order valence-electron chi connectivity index (χ2n) is 12.8. The Morgan fingerprint density at radius 1 is 0.660 bits per heavy atom. The van der Waals surface area contributed by atoms with Crippen molar-refractivity contribution in [2.45, 2.75) is 19.9 Å². The lowest BCUT2D eigenvalue weighted by atomic mass is 10.0. The van der Waals surface area contributed by atoms with Gasteiger partial charge in [-0.05, 0) is 76.7 Å². The highest BCUT2D eigenvalue weighted by Crippen LogP contribution is 2.42. The maximum atomic E-state index is 6.62. The molecule has 262 valence electrons. The van der Waals surface area contributed by atoms with E-state index in [2.05, 4.69) is 120 Å². The van der Waals surface area contributed by atoms with Crippen LogP contribution in [0.25, 0.3) is 38.5 Å². The third kappa shape index (κ3) is 7.88. The minimum atomic E-state index is 0.506. The number of hydrogen-bond donors (Lipinski definition) is 0. The van der Waals surface area contributed by atoms with Crippen LogP contribution in [0.3, 0.4) is 0 Å². The number of nitrogens with zero attached hydrogens (tertiary/aromatic N) is 2. The number of benzene rings is 6. The van der Waals surface area contributed by atoms with Crippen molar-refractivity contribution in [3.05, 3.63) is 180 Å². The lowest BCUT2D eigenvalue weighted by Crippen LogP contribution is -2.38. The van der Waals surface area contributed by atoms with Crippen molar-refractivity contribution < 1.29 is 18.8 Å². The summed E-state index contributed by atoms with van der Waals surface area (Å²) < 4.78 is 22.6. The topological polar surface area (TPSA) is 34.8 Å². The standard InChI is InChI=1S/C47H41N2O3S/c1-2-35(31-46-48(27-29-50-40-19-11-5-12-20-40)42-33-38(23-25-44(42)52-46)36-15-7-3-8-16-36)32-47-49(28-30-51-41-21-13-6-14-22-41)43-34-39(24-26-45(43)53-47)37-17-9-4-10-18-37/h3-26,31-34H,2,27-30H2,1H3/q+1. The van der Waals surface area contributed by atoms with Gasteiger partial charge in [0.25, 0.3) is 5.01 Å². The van der Waals surface area contributed by atoms with Gasteiger partial charge >= 0.3 is 0 Å². The molecule has 1 aromatic heterocycles. The number of thiazole rings is 1. The fourth-order valence-electron chi connectivity index (χ4n) is 6.60. The second kappa shape index (κ2) is 16.1. The molecule has 0 aliphatic carbocycles. The fourth-order valence-corrected chi connectivity index (χ4v) is 7.75. The van der Waals surface area contributed by atoms with Crippen molar-refractivity contribution in [2.75, 3.05) is 24.7 Å². The Balaban J connectivity index is 1.14. The molecule has 1 aliphatic heterocycles. The normalized spacial score (nSPS) is 13.3. The predicted molar refractivity (Wildman–Crippen MR) is 218 cm³/mol. The maximum Gasteiger partial charge on any atom is 0.263 e. The Labute approximate surface area is 315 Å². The molecule has 2 heterocycles. The summed E-state index contributed by atoms with van der Waals surface area (Å²) in [5.41, 5.74) is 8.11. The summed E-state index contributed by atoms with van der Waals surface area (Å²) in [4.78, 5) is 2.24. The highest BCUT2D eigenvalue weighted by Gasteiger charge is 2.28. The summed E-state index contributed by atoms with van der Waals surface area (Å²) in [7, 11) is 0. The first-order valence-corrected chi connectivity index (χ1v) is 19.0. The van der Waals surface area contributed by atoms with Crippen LogP contribution in [0.1, 0.15) is 18.4 Å². The summed E-state index contributed by atoms with van der Waals surface area (Å²) in [6.45, 7) is 4.60. The van der Waals surface area contributed by atoms with Crippen LogP contribution in [-0.2, 0) is 6.54 Å². The first kappa shape index (κ1) is 34.0. The molecular weight excluding hydrogens is 673 g/mol. The van der Waals surface area contributed by atoms with Gasteiger partial charge in [0.15, 0.2) is 12.3 Å². The Morgan fingerprint density at radius 3 is 1.89 bits per heavy atom. The molecule has 1 aliphatic rings. The highest BCUT2D eigenvalue weighted by atomic mass is 32.1. The molecule has 0 fully saturated rings. The van der Waals surface area contributed by atoms with E-state index in [0.29, 0.717) is 26.3 Å². The van der Waals surface area contributed by atoms with Gasteiger partial charge in [0.05, 0.1) is 12.2 Å². The minimum Gasteiger partial charge on any atom is -0.492 e. The molecule has 0 N–H and O–H groups in total. The molecule has 5 nitrogen and oxygen atoms in total. The number of aromatic nitrogens is 1. The summed E-state index contributed by atoms with van der Waals surface area (Å²) in [6, 6.07) is 54.3. The van der Waals surface area contributed by atoms with Crippen LogP contribution in [0.4, 0.5) is 5.69 Å². The van der Waals surface area contributed by atoms with Crippen molar-refractivity contribution >= 4 is 33.3 Å². The van der Waals surface area contributed by atoms with E-state index in [9.17, 15) is 0 Å². The quantitative estimate of drug-likeness (QED) is 0.111. The monoisotopic (exact) mass is 713 g/mol. The number of ether oxygens (including phenoxy) is 3. The van der Waals surface area contributed by atoms with Gasteiger partial charge < -0.3 is 19.1 Å². The zero-order chi connectivity index (χ0) is 35.8. The number of rotatable bonds is 13. The lowest BCUT2D eigenvalue weighted by Gasteiger charge is -2.19. The van der Waals surface area contributed by atoms with Crippen LogP contribution in [0.15, 0.2) is 175 Å². The third-order valence-corrected chi connectivity index (χ3v) is 10.5. The van der Waals surface area contributed by atoms with Crippen LogP contribution in [-0.4, -0.2) is 19.8 Å². The molecule has 0 atom stereocenters. The second-order valence-corrected chi connectivity index (χ2v) is 13.9. The number of para-hydroxylation sites is 2. The SMILES string of the molecule is CCC(=Cc1sc2ccc(-c3ccccc3)cc2[n+]1CCOc1ccccc1)C=C1Oc2ccc(-c3ccccc3)cc2N1CCOc1ccccc1. The van der Waals surface area contributed by atoms with Gasteiger partial charge in [-0.3, -0.25) is 0 Å². The molecule has 0 radical (unpaired) electrons. The van der Waals surface area contributed by atoms with Gasteiger partial charge in [0.2, 0.25) is 11.4 Å². The van der Waals surface area contributed by atoms with Gasteiger partial charge in [0, 0.05) is 18.2 Å². The molecule has 6 aromatic carbocycles. The summed E-state index contributed by atoms with van der Waals surface area (Å²) in [5.74, 6) is 3.36. The first-order chi connectivity index (χ1) is 26.2. The average molecular weight is 714 g/mol. The van der Waals surface area contributed by atoms with Crippen LogP contribution in [0.2, 0.25) is 0 Å².